The minimum Gasteiger partial charge on any atom is -0.394 e. The Bertz CT molecular complexity index is 1050. The van der Waals surface area contributed by atoms with E-state index in [0.717, 1.165) is 72.4 Å². The fraction of sp³-hybridized carbons (Fsp3) is 0.480. The highest BCUT2D eigenvalue weighted by Crippen LogP contribution is 2.30. The van der Waals surface area contributed by atoms with Crippen LogP contribution in [-0.4, -0.2) is 50.2 Å². The number of nitrogens with one attached hydrogen (secondary N) is 1. The highest BCUT2D eigenvalue weighted by molar-refractivity contribution is 5.91. The lowest BCUT2D eigenvalue weighted by Crippen LogP contribution is -2.38. The topological polar surface area (TPSA) is 100 Å². The van der Waals surface area contributed by atoms with Crippen molar-refractivity contribution in [1.29, 1.82) is 0 Å². The molecule has 1 atom stereocenters. The first-order valence-corrected chi connectivity index (χ1v) is 11.6. The van der Waals surface area contributed by atoms with Crippen LogP contribution in [0, 0.1) is 0 Å². The molecule has 0 aromatic carbocycles. The van der Waals surface area contributed by atoms with Crippen LogP contribution >= 0.6 is 0 Å². The summed E-state index contributed by atoms with van der Waals surface area (Å²) < 4.78 is 0. The van der Waals surface area contributed by atoms with Gasteiger partial charge in [-0.15, -0.1) is 0 Å². The summed E-state index contributed by atoms with van der Waals surface area (Å²) in [5, 5.41) is 13.5. The summed E-state index contributed by atoms with van der Waals surface area (Å²) in [5.41, 5.74) is 11.0. The maximum atomic E-state index is 9.98. The van der Waals surface area contributed by atoms with Crippen molar-refractivity contribution in [2.75, 3.05) is 30.7 Å². The number of unbranched alkanes of at least 4 members (excludes halogenated alkanes) is 1. The number of hydrogen-bond acceptors (Lipinski definition) is 7. The van der Waals surface area contributed by atoms with Crippen molar-refractivity contribution in [2.45, 2.75) is 58.0 Å². The molecule has 4 heterocycles. The molecule has 7 heteroatoms. The van der Waals surface area contributed by atoms with Crippen LogP contribution in [0.25, 0.3) is 22.2 Å². The van der Waals surface area contributed by atoms with E-state index in [-0.39, 0.29) is 6.61 Å². The minimum atomic E-state index is -0.438. The lowest BCUT2D eigenvalue weighted by molar-refractivity contribution is 0.212. The molecule has 0 amide bonds. The van der Waals surface area contributed by atoms with Gasteiger partial charge < -0.3 is 16.2 Å². The van der Waals surface area contributed by atoms with Crippen molar-refractivity contribution in [2.24, 2.45) is 0 Å². The number of likely N-dealkylation sites (tertiary alicyclic amines) is 1. The SMILES string of the molecule is CCCC[C@](C)(CO)Nc1cc(N)nc2cc(-c3ccc(CN4CCCC4)nc3)cnc12. The van der Waals surface area contributed by atoms with Gasteiger partial charge >= 0.3 is 0 Å². The predicted molar refractivity (Wildman–Crippen MR) is 130 cm³/mol. The summed E-state index contributed by atoms with van der Waals surface area (Å²) >= 11 is 0. The van der Waals surface area contributed by atoms with Gasteiger partial charge in [-0.1, -0.05) is 25.8 Å². The van der Waals surface area contributed by atoms with Gasteiger partial charge in [-0.25, -0.2) is 4.98 Å². The summed E-state index contributed by atoms with van der Waals surface area (Å²) in [7, 11) is 0. The Kier molecular flexibility index (Phi) is 6.86. The van der Waals surface area contributed by atoms with Gasteiger partial charge in [0.05, 0.1) is 29.0 Å². The van der Waals surface area contributed by atoms with Gasteiger partial charge in [-0.2, -0.15) is 0 Å². The molecule has 0 bridgehead atoms. The maximum Gasteiger partial charge on any atom is 0.126 e. The van der Waals surface area contributed by atoms with E-state index in [1.54, 1.807) is 6.07 Å². The van der Waals surface area contributed by atoms with Crippen molar-refractivity contribution in [3.63, 3.8) is 0 Å². The molecular formula is C25H34N6O. The average Bonchev–Trinajstić information content (AvgIpc) is 3.31. The van der Waals surface area contributed by atoms with Gasteiger partial charge in [-0.05, 0) is 51.4 Å². The summed E-state index contributed by atoms with van der Waals surface area (Å²) in [5.74, 6) is 0.425. The van der Waals surface area contributed by atoms with E-state index >= 15 is 0 Å². The van der Waals surface area contributed by atoms with Gasteiger partial charge in [0.25, 0.3) is 0 Å². The zero-order valence-electron chi connectivity index (χ0n) is 19.1. The normalized spacial score (nSPS) is 16.3. The number of nitrogen functional groups attached to an aromatic ring is 1. The van der Waals surface area contributed by atoms with Gasteiger partial charge in [0.15, 0.2) is 0 Å². The standard InChI is InChI=1S/C25H34N6O/c1-3-4-9-25(2,17-32)30-22-13-23(26)29-21-12-19(15-28-24(21)22)18-7-8-20(27-14-18)16-31-10-5-6-11-31/h7-8,12-15,32H,3-6,9-11,16-17H2,1-2H3,(H3,26,29,30)/t25-/m1/s1. The summed E-state index contributed by atoms with van der Waals surface area (Å²) in [6.07, 6.45) is 9.28. The molecule has 1 aliphatic heterocycles. The third-order valence-corrected chi connectivity index (χ3v) is 6.27. The van der Waals surface area contributed by atoms with Crippen LogP contribution in [0.5, 0.6) is 0 Å². The molecule has 0 saturated carbocycles. The van der Waals surface area contributed by atoms with Crippen LogP contribution in [0.1, 0.15) is 51.6 Å². The molecule has 32 heavy (non-hydrogen) atoms. The predicted octanol–water partition coefficient (Wildman–Crippen LogP) is 4.22. The van der Waals surface area contributed by atoms with Crippen LogP contribution in [0.2, 0.25) is 0 Å². The molecule has 4 N–H and O–H groups in total. The molecule has 1 aliphatic rings. The number of aliphatic hydroxyl groups excluding tert-OH is 1. The summed E-state index contributed by atoms with van der Waals surface area (Å²) in [6.45, 7) is 7.43. The Balaban J connectivity index is 1.59. The van der Waals surface area contributed by atoms with E-state index in [4.69, 9.17) is 10.7 Å². The largest absolute Gasteiger partial charge is 0.394 e. The molecule has 3 aromatic heterocycles. The van der Waals surface area contributed by atoms with Gasteiger partial charge in [0.1, 0.15) is 11.3 Å². The Labute approximate surface area is 190 Å². The Morgan fingerprint density at radius 1 is 1.12 bits per heavy atom. The third-order valence-electron chi connectivity index (χ3n) is 6.27. The second-order valence-electron chi connectivity index (χ2n) is 9.16. The van der Waals surface area contributed by atoms with E-state index < -0.39 is 5.54 Å². The van der Waals surface area contributed by atoms with Crippen LogP contribution in [0.15, 0.2) is 36.7 Å². The Morgan fingerprint density at radius 3 is 2.59 bits per heavy atom. The second kappa shape index (κ2) is 9.79. The third kappa shape index (κ3) is 5.16. The van der Waals surface area contributed by atoms with Gasteiger partial charge in [0.2, 0.25) is 0 Å². The zero-order valence-corrected chi connectivity index (χ0v) is 19.1. The van der Waals surface area contributed by atoms with E-state index in [1.807, 2.05) is 25.4 Å². The molecule has 0 radical (unpaired) electrons. The number of fused-ring (bicyclic) bond motifs is 1. The van der Waals surface area contributed by atoms with Crippen molar-refractivity contribution in [3.05, 3.63) is 42.4 Å². The molecule has 1 saturated heterocycles. The molecular weight excluding hydrogens is 400 g/mol. The van der Waals surface area contributed by atoms with Crippen molar-refractivity contribution in [1.82, 2.24) is 19.9 Å². The zero-order chi connectivity index (χ0) is 22.6. The van der Waals surface area contributed by atoms with E-state index in [1.165, 1.54) is 12.8 Å². The molecule has 1 fully saturated rings. The monoisotopic (exact) mass is 434 g/mol. The fourth-order valence-corrected chi connectivity index (χ4v) is 4.32. The lowest BCUT2D eigenvalue weighted by Gasteiger charge is -2.30. The average molecular weight is 435 g/mol. The van der Waals surface area contributed by atoms with Crippen LogP contribution in [0.4, 0.5) is 11.5 Å². The van der Waals surface area contributed by atoms with Crippen LogP contribution in [0.3, 0.4) is 0 Å². The molecule has 170 valence electrons. The van der Waals surface area contributed by atoms with Gasteiger partial charge in [0, 0.05) is 36.1 Å². The maximum absolute atomic E-state index is 9.98. The lowest BCUT2D eigenvalue weighted by atomic mass is 9.95. The first-order chi connectivity index (χ1) is 15.5. The second-order valence-corrected chi connectivity index (χ2v) is 9.16. The van der Waals surface area contributed by atoms with Crippen LogP contribution in [-0.2, 0) is 6.54 Å². The molecule has 0 unspecified atom stereocenters. The van der Waals surface area contributed by atoms with E-state index in [9.17, 15) is 5.11 Å². The van der Waals surface area contributed by atoms with Crippen LogP contribution < -0.4 is 11.1 Å². The molecule has 4 rings (SSSR count). The number of nitrogens with two attached hydrogens (primary N) is 1. The van der Waals surface area contributed by atoms with Crippen molar-refractivity contribution in [3.8, 4) is 11.1 Å². The molecule has 7 nitrogen and oxygen atoms in total. The quantitative estimate of drug-likeness (QED) is 0.463. The smallest absolute Gasteiger partial charge is 0.126 e. The van der Waals surface area contributed by atoms with Crippen molar-refractivity contribution >= 4 is 22.5 Å². The molecule has 0 aliphatic carbocycles. The summed E-state index contributed by atoms with van der Waals surface area (Å²) in [6, 6.07) is 7.99. The van der Waals surface area contributed by atoms with E-state index in [2.05, 4.69) is 39.2 Å². The number of nitrogens with zero attached hydrogens (tertiary/aromatic N) is 4. The first kappa shape index (κ1) is 22.4. The number of aromatic nitrogens is 3. The summed E-state index contributed by atoms with van der Waals surface area (Å²) in [4.78, 5) is 16.3. The highest BCUT2D eigenvalue weighted by atomic mass is 16.3. The molecule has 0 spiro atoms. The minimum absolute atomic E-state index is 0.0320. The number of anilines is 2. The fourth-order valence-electron chi connectivity index (χ4n) is 4.32. The first-order valence-electron chi connectivity index (χ1n) is 11.6. The highest BCUT2D eigenvalue weighted by Gasteiger charge is 2.24. The number of hydrogen-bond donors (Lipinski definition) is 3. The van der Waals surface area contributed by atoms with Gasteiger partial charge in [-0.3, -0.25) is 14.9 Å². The Hall–Kier alpha value is -2.77. The van der Waals surface area contributed by atoms with E-state index in [0.29, 0.717) is 5.82 Å². The number of rotatable bonds is 9. The number of aliphatic hydroxyl groups is 1. The molecule has 3 aromatic rings. The number of pyridine rings is 3. The Morgan fingerprint density at radius 2 is 1.91 bits per heavy atom. The van der Waals surface area contributed by atoms with Crippen molar-refractivity contribution < 1.29 is 5.11 Å².